The number of amides is 1. The molecule has 1 aliphatic heterocycles. The number of carbonyl (C=O) groups is 1. The third kappa shape index (κ3) is 4.96. The van der Waals surface area contributed by atoms with E-state index in [2.05, 4.69) is 51.2 Å². The Kier molecular flexibility index (Phi) is 6.74. The van der Waals surface area contributed by atoms with Gasteiger partial charge in [0.1, 0.15) is 5.75 Å². The van der Waals surface area contributed by atoms with Crippen LogP contribution in [0.2, 0.25) is 0 Å². The summed E-state index contributed by atoms with van der Waals surface area (Å²) in [6.07, 6.45) is 7.68. The normalized spacial score (nSPS) is 15.2. The number of methoxy groups -OCH3 is 1. The van der Waals surface area contributed by atoms with Crippen LogP contribution in [0.15, 0.2) is 67.6 Å². The first kappa shape index (κ1) is 24.3. The predicted octanol–water partition coefficient (Wildman–Crippen LogP) is 3.81. The maximum Gasteiger partial charge on any atom is 0.247 e. The zero-order valence-corrected chi connectivity index (χ0v) is 21.2. The minimum Gasteiger partial charge on any atom is -0.494 e. The molecule has 5 rings (SSSR count). The first-order chi connectivity index (χ1) is 18.0. The van der Waals surface area contributed by atoms with Gasteiger partial charge in [-0.15, -0.1) is 0 Å². The van der Waals surface area contributed by atoms with Gasteiger partial charge in [-0.05, 0) is 50.9 Å². The smallest absolute Gasteiger partial charge is 0.247 e. The number of aromatic nitrogens is 4. The Morgan fingerprint density at radius 2 is 2.11 bits per heavy atom. The van der Waals surface area contributed by atoms with E-state index in [0.717, 1.165) is 42.0 Å². The van der Waals surface area contributed by atoms with Gasteiger partial charge in [-0.3, -0.25) is 4.79 Å². The lowest BCUT2D eigenvalue weighted by Crippen LogP contribution is -2.31. The van der Waals surface area contributed by atoms with Crippen LogP contribution in [-0.2, 0) is 4.79 Å². The number of anilines is 4. The summed E-state index contributed by atoms with van der Waals surface area (Å²) in [4.78, 5) is 25.9. The number of rotatable bonds is 8. The molecule has 0 bridgehead atoms. The molecule has 1 fully saturated rings. The number of pyridine rings is 1. The lowest BCUT2D eigenvalue weighted by Gasteiger charge is -2.25. The summed E-state index contributed by atoms with van der Waals surface area (Å²) in [6.45, 7) is 5.33. The maximum atomic E-state index is 12.3. The maximum absolute atomic E-state index is 12.3. The minimum absolute atomic E-state index is 0.285. The second-order valence-corrected chi connectivity index (χ2v) is 9.09. The van der Waals surface area contributed by atoms with E-state index in [0.29, 0.717) is 29.1 Å². The molecule has 1 aliphatic rings. The average molecular weight is 499 g/mol. The van der Waals surface area contributed by atoms with Crippen LogP contribution in [0.4, 0.5) is 23.0 Å². The van der Waals surface area contributed by atoms with E-state index in [1.807, 2.05) is 42.6 Å². The topological polar surface area (TPSA) is 99.9 Å². The summed E-state index contributed by atoms with van der Waals surface area (Å²) < 4.78 is 7.54. The van der Waals surface area contributed by atoms with Crippen LogP contribution in [0.1, 0.15) is 6.42 Å². The van der Waals surface area contributed by atoms with Crippen molar-refractivity contribution in [3.05, 3.63) is 67.6 Å². The fraction of sp³-hybridized carbons (Fsp3) is 0.259. The minimum atomic E-state index is -0.285. The molecule has 1 amide bonds. The molecule has 10 nitrogen and oxygen atoms in total. The van der Waals surface area contributed by atoms with Crippen LogP contribution >= 0.6 is 0 Å². The molecule has 3 aromatic heterocycles. The molecule has 4 aromatic rings. The van der Waals surface area contributed by atoms with E-state index in [1.165, 1.54) is 6.08 Å². The van der Waals surface area contributed by atoms with Crippen molar-refractivity contribution in [2.75, 3.05) is 49.8 Å². The quantitative estimate of drug-likeness (QED) is 0.354. The predicted molar refractivity (Wildman–Crippen MR) is 146 cm³/mol. The lowest BCUT2D eigenvalue weighted by molar-refractivity contribution is -0.111. The van der Waals surface area contributed by atoms with Crippen LogP contribution in [-0.4, -0.2) is 70.7 Å². The van der Waals surface area contributed by atoms with Crippen LogP contribution < -0.4 is 20.3 Å². The van der Waals surface area contributed by atoms with E-state index in [1.54, 1.807) is 24.0 Å². The molecule has 1 saturated heterocycles. The van der Waals surface area contributed by atoms with Gasteiger partial charge in [-0.1, -0.05) is 12.6 Å². The molecular formula is C27H30N8O2. The first-order valence-corrected chi connectivity index (χ1v) is 12.1. The number of ether oxygens (including phenoxy) is 1. The number of likely N-dealkylation sites (N-methyl/N-ethyl adjacent to an activating group) is 1. The van der Waals surface area contributed by atoms with Crippen LogP contribution in [0.25, 0.3) is 16.8 Å². The van der Waals surface area contributed by atoms with Gasteiger partial charge in [-0.25, -0.2) is 14.5 Å². The Bertz CT molecular complexity index is 1450. The molecule has 4 heterocycles. The van der Waals surface area contributed by atoms with Gasteiger partial charge in [0.15, 0.2) is 0 Å². The van der Waals surface area contributed by atoms with Crippen molar-refractivity contribution in [2.24, 2.45) is 0 Å². The van der Waals surface area contributed by atoms with Gasteiger partial charge in [0.05, 0.1) is 41.6 Å². The van der Waals surface area contributed by atoms with Crippen LogP contribution in [0.5, 0.6) is 5.75 Å². The number of nitrogens with zero attached hydrogens (tertiary/aromatic N) is 6. The van der Waals surface area contributed by atoms with Crippen molar-refractivity contribution in [1.82, 2.24) is 24.5 Å². The second kappa shape index (κ2) is 10.3. The summed E-state index contributed by atoms with van der Waals surface area (Å²) in [5.41, 5.74) is 4.77. The summed E-state index contributed by atoms with van der Waals surface area (Å²) in [7, 11) is 5.79. The van der Waals surface area contributed by atoms with Gasteiger partial charge in [0.25, 0.3) is 0 Å². The number of nitrogens with one attached hydrogen (secondary N) is 2. The van der Waals surface area contributed by atoms with Gasteiger partial charge in [0.2, 0.25) is 11.9 Å². The van der Waals surface area contributed by atoms with E-state index >= 15 is 0 Å². The molecule has 10 heteroatoms. The van der Waals surface area contributed by atoms with Crippen molar-refractivity contribution >= 4 is 34.4 Å². The first-order valence-electron chi connectivity index (χ1n) is 12.1. The van der Waals surface area contributed by atoms with Crippen molar-refractivity contribution in [3.63, 3.8) is 0 Å². The Hall–Kier alpha value is -4.44. The van der Waals surface area contributed by atoms with E-state index < -0.39 is 0 Å². The standard InChI is InChI=1S/C27H30N8O2/c1-5-26(36)30-21-14-22(25(37-4)15-24(21)34-13-10-18(17-34)33(2)3)32-27-28-11-9-20(31-27)19-16-29-35-12-7-6-8-23(19)35/h5-9,11-12,14-16,18H,1,10,13,17H2,2-4H3,(H,30,36)(H,28,31,32)/t18-/m1/s1. The monoisotopic (exact) mass is 498 g/mol. The fourth-order valence-electron chi connectivity index (χ4n) is 4.58. The lowest BCUT2D eigenvalue weighted by atomic mass is 10.2. The molecule has 0 spiro atoms. The Labute approximate surface area is 215 Å². The average Bonchev–Trinajstić information content (AvgIpc) is 3.57. The highest BCUT2D eigenvalue weighted by Crippen LogP contribution is 2.39. The fourth-order valence-corrected chi connectivity index (χ4v) is 4.58. The van der Waals surface area contributed by atoms with Crippen molar-refractivity contribution in [2.45, 2.75) is 12.5 Å². The van der Waals surface area contributed by atoms with Gasteiger partial charge in [-0.2, -0.15) is 5.10 Å². The Morgan fingerprint density at radius 1 is 1.24 bits per heavy atom. The van der Waals surface area contributed by atoms with Crippen LogP contribution in [0.3, 0.4) is 0 Å². The molecule has 0 unspecified atom stereocenters. The molecule has 2 N–H and O–H groups in total. The van der Waals surface area contributed by atoms with Gasteiger partial charge < -0.3 is 25.2 Å². The number of fused-ring (bicyclic) bond motifs is 1. The Morgan fingerprint density at radius 3 is 2.86 bits per heavy atom. The molecule has 1 atom stereocenters. The zero-order chi connectivity index (χ0) is 25.9. The molecule has 0 saturated carbocycles. The van der Waals surface area contributed by atoms with Gasteiger partial charge >= 0.3 is 0 Å². The summed E-state index contributed by atoms with van der Waals surface area (Å²) in [5.74, 6) is 0.727. The van der Waals surface area contributed by atoms with Crippen molar-refractivity contribution < 1.29 is 9.53 Å². The largest absolute Gasteiger partial charge is 0.494 e. The van der Waals surface area contributed by atoms with Crippen LogP contribution in [0, 0.1) is 0 Å². The molecular weight excluding hydrogens is 468 g/mol. The third-order valence-electron chi connectivity index (χ3n) is 6.60. The Balaban J connectivity index is 1.49. The summed E-state index contributed by atoms with van der Waals surface area (Å²) in [5, 5.41) is 10.6. The number of benzene rings is 1. The second-order valence-electron chi connectivity index (χ2n) is 9.09. The molecule has 0 radical (unpaired) electrons. The van der Waals surface area contributed by atoms with E-state index in [-0.39, 0.29) is 5.91 Å². The highest BCUT2D eigenvalue weighted by atomic mass is 16.5. The van der Waals surface area contributed by atoms with Crippen molar-refractivity contribution in [1.29, 1.82) is 0 Å². The highest BCUT2D eigenvalue weighted by Gasteiger charge is 2.27. The SMILES string of the molecule is C=CC(=O)Nc1cc(Nc2nccc(-c3cnn4ccccc34)n2)c(OC)cc1N1CC[C@@H](N(C)C)C1. The third-order valence-corrected chi connectivity index (χ3v) is 6.60. The number of carbonyl (C=O) groups excluding carboxylic acids is 1. The van der Waals surface area contributed by atoms with Crippen molar-refractivity contribution in [3.8, 4) is 17.0 Å². The molecule has 37 heavy (non-hydrogen) atoms. The van der Waals surface area contributed by atoms with Gasteiger partial charge in [0, 0.05) is 43.2 Å². The molecule has 1 aromatic carbocycles. The molecule has 0 aliphatic carbocycles. The van der Waals surface area contributed by atoms with E-state index in [4.69, 9.17) is 9.72 Å². The zero-order valence-electron chi connectivity index (χ0n) is 21.2. The summed E-state index contributed by atoms with van der Waals surface area (Å²) >= 11 is 0. The number of hydrogen-bond donors (Lipinski definition) is 2. The van der Waals surface area contributed by atoms with E-state index in [9.17, 15) is 4.79 Å². The highest BCUT2D eigenvalue weighted by molar-refractivity contribution is 6.02. The summed E-state index contributed by atoms with van der Waals surface area (Å²) in [6, 6.07) is 12.0. The number of hydrogen-bond acceptors (Lipinski definition) is 8. The molecule has 190 valence electrons.